The van der Waals surface area contributed by atoms with E-state index in [1.54, 1.807) is 22.9 Å². The van der Waals surface area contributed by atoms with E-state index in [2.05, 4.69) is 10.3 Å². The minimum atomic E-state index is -0.449. The summed E-state index contributed by atoms with van der Waals surface area (Å²) in [7, 11) is 0. The van der Waals surface area contributed by atoms with Gasteiger partial charge in [-0.25, -0.2) is 14.6 Å². The molecule has 0 atom stereocenters. The van der Waals surface area contributed by atoms with E-state index < -0.39 is 11.8 Å². The lowest BCUT2D eigenvalue weighted by Gasteiger charge is -2.35. The smallest absolute Gasteiger partial charge is 0.421 e. The number of hydrogen-bond donors (Lipinski definition) is 1. The van der Waals surface area contributed by atoms with E-state index in [0.717, 1.165) is 5.56 Å². The van der Waals surface area contributed by atoms with Crippen molar-refractivity contribution < 1.29 is 13.9 Å². The van der Waals surface area contributed by atoms with Crippen molar-refractivity contribution in [2.24, 2.45) is 0 Å². The van der Waals surface area contributed by atoms with Crippen molar-refractivity contribution in [1.82, 2.24) is 14.9 Å². The fourth-order valence-electron chi connectivity index (χ4n) is 3.04. The molecule has 2 aromatic heterocycles. The van der Waals surface area contributed by atoms with E-state index in [-0.39, 0.29) is 18.7 Å². The van der Waals surface area contributed by atoms with Crippen LogP contribution in [0.25, 0.3) is 11.2 Å². The Morgan fingerprint density at radius 1 is 1.24 bits per heavy atom. The van der Waals surface area contributed by atoms with Crippen molar-refractivity contribution in [3.05, 3.63) is 64.8 Å². The number of ether oxygens (including phenoxy) is 1. The normalized spacial score (nSPS) is 19.4. The van der Waals surface area contributed by atoms with Crippen molar-refractivity contribution in [3.8, 4) is 0 Å². The predicted octanol–water partition coefficient (Wildman–Crippen LogP) is 2.62. The minimum Gasteiger partial charge on any atom is -0.445 e. The number of nitrogens with one attached hydrogen (secondary N) is 1. The molecular weight excluding hydrogens is 322 g/mol. The fraction of sp³-hybridized carbons (Fsp3) is 0.278. The van der Waals surface area contributed by atoms with Crippen molar-refractivity contribution >= 4 is 17.3 Å². The molecule has 1 saturated carbocycles. The molecule has 0 saturated heterocycles. The van der Waals surface area contributed by atoms with Crippen molar-refractivity contribution in [1.29, 1.82) is 0 Å². The average molecular weight is 339 g/mol. The Balaban J connectivity index is 1.32. The van der Waals surface area contributed by atoms with Gasteiger partial charge in [-0.2, -0.15) is 0 Å². The first kappa shape index (κ1) is 15.4. The van der Waals surface area contributed by atoms with Gasteiger partial charge in [-0.3, -0.25) is 4.57 Å². The summed E-state index contributed by atoms with van der Waals surface area (Å²) in [6.45, 7) is 0.235. The molecule has 1 aliphatic carbocycles. The third-order valence-electron chi connectivity index (χ3n) is 4.39. The van der Waals surface area contributed by atoms with E-state index >= 15 is 0 Å². The molecule has 2 heterocycles. The summed E-state index contributed by atoms with van der Waals surface area (Å²) in [5.41, 5.74) is 1.96. The van der Waals surface area contributed by atoms with E-state index in [9.17, 15) is 9.59 Å². The van der Waals surface area contributed by atoms with Gasteiger partial charge in [0.1, 0.15) is 6.61 Å². The fourth-order valence-corrected chi connectivity index (χ4v) is 3.04. The third kappa shape index (κ3) is 3.13. The maximum absolute atomic E-state index is 12.0. The van der Waals surface area contributed by atoms with Crippen LogP contribution in [0.1, 0.15) is 24.4 Å². The van der Waals surface area contributed by atoms with Crippen LogP contribution in [0.2, 0.25) is 0 Å². The number of amides is 1. The average Bonchev–Trinajstić information content (AvgIpc) is 2.92. The van der Waals surface area contributed by atoms with Gasteiger partial charge < -0.3 is 14.5 Å². The van der Waals surface area contributed by atoms with Gasteiger partial charge in [0.05, 0.1) is 0 Å². The molecule has 7 heteroatoms. The zero-order chi connectivity index (χ0) is 17.2. The SMILES string of the molecule is O=C(NC1CC(n2c(=O)oc3cccnc32)C1)OCc1ccccc1. The van der Waals surface area contributed by atoms with Crippen molar-refractivity contribution in [3.63, 3.8) is 0 Å². The summed E-state index contributed by atoms with van der Waals surface area (Å²) in [5, 5.41) is 2.82. The van der Waals surface area contributed by atoms with E-state index in [4.69, 9.17) is 9.15 Å². The van der Waals surface area contributed by atoms with Gasteiger partial charge in [0.15, 0.2) is 11.2 Å². The molecule has 1 aromatic carbocycles. The van der Waals surface area contributed by atoms with E-state index in [0.29, 0.717) is 24.1 Å². The molecule has 7 nitrogen and oxygen atoms in total. The molecule has 128 valence electrons. The predicted molar refractivity (Wildman–Crippen MR) is 90.1 cm³/mol. The molecular formula is C18H17N3O4. The first-order valence-corrected chi connectivity index (χ1v) is 8.14. The highest BCUT2D eigenvalue weighted by Gasteiger charge is 2.34. The number of nitrogens with zero attached hydrogens (tertiary/aromatic N) is 2. The Bertz CT molecular complexity index is 942. The summed E-state index contributed by atoms with van der Waals surface area (Å²) in [4.78, 5) is 28.1. The van der Waals surface area contributed by atoms with E-state index in [1.165, 1.54) is 0 Å². The molecule has 0 aliphatic heterocycles. The van der Waals surface area contributed by atoms with Crippen LogP contribution in [0.15, 0.2) is 57.9 Å². The number of fused-ring (bicyclic) bond motifs is 1. The first-order valence-electron chi connectivity index (χ1n) is 8.14. The standard InChI is InChI=1S/C18H17N3O4/c22-17(24-11-12-5-2-1-3-6-12)20-13-9-14(10-13)21-16-15(25-18(21)23)7-4-8-19-16/h1-8,13-14H,9-11H2,(H,20,22). The molecule has 4 rings (SSSR count). The molecule has 0 spiro atoms. The molecule has 3 aromatic rings. The molecule has 1 fully saturated rings. The first-order chi connectivity index (χ1) is 12.2. The van der Waals surface area contributed by atoms with Crippen LogP contribution in [0.3, 0.4) is 0 Å². The largest absolute Gasteiger partial charge is 0.445 e. The summed E-state index contributed by atoms with van der Waals surface area (Å²) in [6.07, 6.45) is 2.47. The van der Waals surface area contributed by atoms with Gasteiger partial charge in [0, 0.05) is 18.3 Å². The van der Waals surface area contributed by atoms with Crippen LogP contribution < -0.4 is 11.1 Å². The molecule has 1 amide bonds. The van der Waals surface area contributed by atoms with Crippen molar-refractivity contribution in [2.75, 3.05) is 0 Å². The monoisotopic (exact) mass is 339 g/mol. The van der Waals surface area contributed by atoms with Crippen LogP contribution in [-0.4, -0.2) is 21.7 Å². The van der Waals surface area contributed by atoms with Crippen LogP contribution in [0.5, 0.6) is 0 Å². The van der Waals surface area contributed by atoms with Crippen LogP contribution in [0, 0.1) is 0 Å². The second-order valence-corrected chi connectivity index (χ2v) is 6.09. The Morgan fingerprint density at radius 2 is 2.04 bits per heavy atom. The number of alkyl carbamates (subject to hydrolysis) is 1. The third-order valence-corrected chi connectivity index (χ3v) is 4.39. The summed E-state index contributed by atoms with van der Waals surface area (Å²) in [6, 6.07) is 12.9. The van der Waals surface area contributed by atoms with Gasteiger partial charge >= 0.3 is 11.8 Å². The highest BCUT2D eigenvalue weighted by atomic mass is 16.5. The molecule has 25 heavy (non-hydrogen) atoms. The highest BCUT2D eigenvalue weighted by Crippen LogP contribution is 2.33. The second kappa shape index (κ2) is 6.43. The second-order valence-electron chi connectivity index (χ2n) is 6.09. The lowest BCUT2D eigenvalue weighted by Crippen LogP contribution is -2.46. The number of hydrogen-bond acceptors (Lipinski definition) is 5. The Labute approximate surface area is 143 Å². The Kier molecular flexibility index (Phi) is 3.97. The lowest BCUT2D eigenvalue weighted by atomic mass is 9.86. The number of carbonyl (C=O) groups is 1. The molecule has 0 radical (unpaired) electrons. The van der Waals surface area contributed by atoms with Gasteiger partial charge in [-0.15, -0.1) is 0 Å². The lowest BCUT2D eigenvalue weighted by molar-refractivity contribution is 0.122. The molecule has 1 aliphatic rings. The molecule has 0 bridgehead atoms. The van der Waals surface area contributed by atoms with Gasteiger partial charge in [0.25, 0.3) is 0 Å². The van der Waals surface area contributed by atoms with E-state index in [1.807, 2.05) is 30.3 Å². The number of oxazole rings is 1. The van der Waals surface area contributed by atoms with Gasteiger partial charge in [-0.1, -0.05) is 30.3 Å². The number of carbonyl (C=O) groups excluding carboxylic acids is 1. The molecule has 0 unspecified atom stereocenters. The zero-order valence-electron chi connectivity index (χ0n) is 13.4. The highest BCUT2D eigenvalue weighted by molar-refractivity contribution is 5.68. The van der Waals surface area contributed by atoms with Crippen LogP contribution in [0.4, 0.5) is 4.79 Å². The number of rotatable bonds is 4. The quantitative estimate of drug-likeness (QED) is 0.789. The van der Waals surface area contributed by atoms with Gasteiger partial charge in [-0.05, 0) is 30.5 Å². The summed E-state index contributed by atoms with van der Waals surface area (Å²) in [5.74, 6) is -0.413. The Morgan fingerprint density at radius 3 is 2.84 bits per heavy atom. The van der Waals surface area contributed by atoms with Crippen molar-refractivity contribution in [2.45, 2.75) is 31.5 Å². The maximum Gasteiger partial charge on any atom is 0.421 e. The topological polar surface area (TPSA) is 86.4 Å². The van der Waals surface area contributed by atoms with Gasteiger partial charge in [0.2, 0.25) is 0 Å². The number of aromatic nitrogens is 2. The van der Waals surface area contributed by atoms with Crippen LogP contribution >= 0.6 is 0 Å². The number of benzene rings is 1. The van der Waals surface area contributed by atoms with Crippen LogP contribution in [-0.2, 0) is 11.3 Å². The maximum atomic E-state index is 12.0. The Hall–Kier alpha value is -3.09. The minimum absolute atomic E-state index is 0.0196. The molecule has 1 N–H and O–H groups in total. The summed E-state index contributed by atoms with van der Waals surface area (Å²) < 4.78 is 12.0. The zero-order valence-corrected chi connectivity index (χ0v) is 13.4. The number of pyridine rings is 1. The summed E-state index contributed by atoms with van der Waals surface area (Å²) >= 11 is 0.